The summed E-state index contributed by atoms with van der Waals surface area (Å²) in [6.45, 7) is 1.67. The molecule has 1 fully saturated rings. The van der Waals surface area contributed by atoms with E-state index in [0.29, 0.717) is 0 Å². The number of hydrogen-bond donors (Lipinski definition) is 2. The fourth-order valence-electron chi connectivity index (χ4n) is 1.88. The first kappa shape index (κ1) is 14.9. The molecule has 1 aliphatic heterocycles. The molecule has 0 radical (unpaired) electrons. The Morgan fingerprint density at radius 2 is 2.11 bits per heavy atom. The first-order valence-corrected chi connectivity index (χ1v) is 5.63. The molecule has 100 valence electrons. The van der Waals surface area contributed by atoms with E-state index in [1.165, 1.54) is 6.07 Å². The van der Waals surface area contributed by atoms with Gasteiger partial charge in [0.25, 0.3) is 5.91 Å². The second-order valence-corrected chi connectivity index (χ2v) is 4.15. The van der Waals surface area contributed by atoms with Crippen LogP contribution in [0.3, 0.4) is 0 Å². The Bertz CT molecular complexity index is 423. The lowest BCUT2D eigenvalue weighted by molar-refractivity contribution is 0.0930. The third kappa shape index (κ3) is 3.65. The molecule has 1 amide bonds. The van der Waals surface area contributed by atoms with E-state index in [9.17, 15) is 13.6 Å². The highest BCUT2D eigenvalue weighted by Crippen LogP contribution is 2.09. The van der Waals surface area contributed by atoms with Crippen molar-refractivity contribution in [1.29, 1.82) is 0 Å². The molecule has 2 rings (SSSR count). The maximum atomic E-state index is 13.0. The molecule has 1 aromatic rings. The zero-order valence-electron chi connectivity index (χ0n) is 9.71. The highest BCUT2D eigenvalue weighted by atomic mass is 35.5. The number of carbonyl (C=O) groups is 1. The summed E-state index contributed by atoms with van der Waals surface area (Å²) >= 11 is 0. The van der Waals surface area contributed by atoms with Crippen LogP contribution in [0.4, 0.5) is 8.78 Å². The molecule has 1 heterocycles. The van der Waals surface area contributed by atoms with Gasteiger partial charge in [-0.25, -0.2) is 8.78 Å². The van der Waals surface area contributed by atoms with Crippen LogP contribution in [0.25, 0.3) is 0 Å². The Morgan fingerprint density at radius 3 is 2.72 bits per heavy atom. The topological polar surface area (TPSA) is 41.1 Å². The van der Waals surface area contributed by atoms with Crippen LogP contribution in [0.1, 0.15) is 23.2 Å². The van der Waals surface area contributed by atoms with Crippen LogP contribution < -0.4 is 10.6 Å². The van der Waals surface area contributed by atoms with Gasteiger partial charge in [0.05, 0.1) is 0 Å². The zero-order chi connectivity index (χ0) is 12.3. The summed E-state index contributed by atoms with van der Waals surface area (Å²) < 4.78 is 25.7. The molecule has 0 aromatic heterocycles. The monoisotopic (exact) mass is 276 g/mol. The Hall–Kier alpha value is -1.20. The van der Waals surface area contributed by atoms with Crippen LogP contribution in [-0.4, -0.2) is 25.0 Å². The van der Waals surface area contributed by atoms with Crippen molar-refractivity contribution in [2.45, 2.75) is 18.9 Å². The summed E-state index contributed by atoms with van der Waals surface area (Å²) in [5.74, 6) is -2.31. The van der Waals surface area contributed by atoms with E-state index in [-0.39, 0.29) is 29.9 Å². The smallest absolute Gasteiger partial charge is 0.251 e. The normalized spacial score (nSPS) is 18.9. The van der Waals surface area contributed by atoms with Gasteiger partial charge in [-0.3, -0.25) is 4.79 Å². The Balaban J connectivity index is 0.00000162. The van der Waals surface area contributed by atoms with Crippen LogP contribution in [0, 0.1) is 11.6 Å². The van der Waals surface area contributed by atoms with Crippen molar-refractivity contribution in [3.63, 3.8) is 0 Å². The van der Waals surface area contributed by atoms with Crippen LogP contribution in [0.15, 0.2) is 18.2 Å². The fraction of sp³-hybridized carbons (Fsp3) is 0.417. The van der Waals surface area contributed by atoms with Crippen LogP contribution in [0.2, 0.25) is 0 Å². The minimum atomic E-state index is -1.00. The molecule has 0 spiro atoms. The van der Waals surface area contributed by atoms with Gasteiger partial charge in [0.15, 0.2) is 11.6 Å². The minimum Gasteiger partial charge on any atom is -0.348 e. The van der Waals surface area contributed by atoms with Crippen molar-refractivity contribution < 1.29 is 13.6 Å². The third-order valence-corrected chi connectivity index (χ3v) is 2.81. The highest BCUT2D eigenvalue weighted by molar-refractivity contribution is 5.94. The summed E-state index contributed by atoms with van der Waals surface area (Å²) in [5.41, 5.74) is 0.148. The minimum absolute atomic E-state index is 0. The van der Waals surface area contributed by atoms with E-state index in [4.69, 9.17) is 0 Å². The summed E-state index contributed by atoms with van der Waals surface area (Å²) in [4.78, 5) is 11.7. The van der Waals surface area contributed by atoms with Gasteiger partial charge >= 0.3 is 0 Å². The van der Waals surface area contributed by atoms with E-state index < -0.39 is 11.6 Å². The highest BCUT2D eigenvalue weighted by Gasteiger charge is 2.17. The number of halogens is 3. The van der Waals surface area contributed by atoms with E-state index >= 15 is 0 Å². The van der Waals surface area contributed by atoms with E-state index in [0.717, 1.165) is 38.1 Å². The van der Waals surface area contributed by atoms with Gasteiger partial charge in [0.2, 0.25) is 0 Å². The van der Waals surface area contributed by atoms with Crippen molar-refractivity contribution in [3.05, 3.63) is 35.4 Å². The number of hydrogen-bond acceptors (Lipinski definition) is 2. The van der Waals surface area contributed by atoms with Crippen LogP contribution >= 0.6 is 12.4 Å². The third-order valence-electron chi connectivity index (χ3n) is 2.81. The Labute approximate surface area is 110 Å². The molecular weight excluding hydrogens is 262 g/mol. The standard InChI is InChI=1S/C12H14F2N2O.ClH/c13-10-4-3-8(6-11(10)14)12(17)16-9-2-1-5-15-7-9;/h3-4,6,9,15H,1-2,5,7H2,(H,16,17);1H/t9-;/m1./s1. The zero-order valence-corrected chi connectivity index (χ0v) is 10.5. The summed E-state index contributed by atoms with van der Waals surface area (Å²) in [7, 11) is 0. The lowest BCUT2D eigenvalue weighted by Gasteiger charge is -2.23. The molecule has 6 heteroatoms. The molecule has 1 aromatic carbocycles. The fourth-order valence-corrected chi connectivity index (χ4v) is 1.88. The Kier molecular flexibility index (Phi) is 5.50. The molecule has 0 unspecified atom stereocenters. The largest absolute Gasteiger partial charge is 0.348 e. The quantitative estimate of drug-likeness (QED) is 0.866. The molecule has 0 aliphatic carbocycles. The van der Waals surface area contributed by atoms with Crippen molar-refractivity contribution in [2.75, 3.05) is 13.1 Å². The van der Waals surface area contributed by atoms with Gasteiger partial charge in [0.1, 0.15) is 0 Å². The Morgan fingerprint density at radius 1 is 1.33 bits per heavy atom. The maximum absolute atomic E-state index is 13.0. The molecule has 1 atom stereocenters. The van der Waals surface area contributed by atoms with E-state index in [2.05, 4.69) is 10.6 Å². The van der Waals surface area contributed by atoms with Gasteiger partial charge in [0, 0.05) is 18.2 Å². The van der Waals surface area contributed by atoms with E-state index in [1.807, 2.05) is 0 Å². The summed E-state index contributed by atoms with van der Waals surface area (Å²) in [6.07, 6.45) is 1.91. The molecule has 0 bridgehead atoms. The molecule has 0 saturated carbocycles. The average molecular weight is 277 g/mol. The maximum Gasteiger partial charge on any atom is 0.251 e. The summed E-state index contributed by atoms with van der Waals surface area (Å²) in [6, 6.07) is 3.22. The molecule has 1 saturated heterocycles. The number of amides is 1. The number of benzene rings is 1. The van der Waals surface area contributed by atoms with Gasteiger partial charge in [-0.2, -0.15) is 0 Å². The molecule has 3 nitrogen and oxygen atoms in total. The van der Waals surface area contributed by atoms with Crippen molar-refractivity contribution in [1.82, 2.24) is 10.6 Å². The van der Waals surface area contributed by atoms with Crippen LogP contribution in [-0.2, 0) is 0 Å². The number of nitrogens with one attached hydrogen (secondary N) is 2. The lowest BCUT2D eigenvalue weighted by atomic mass is 10.1. The average Bonchev–Trinajstić information content (AvgIpc) is 2.34. The number of carbonyl (C=O) groups excluding carboxylic acids is 1. The number of rotatable bonds is 2. The molecular formula is C12H15ClF2N2O. The van der Waals surface area contributed by atoms with Crippen LogP contribution in [0.5, 0.6) is 0 Å². The first-order valence-electron chi connectivity index (χ1n) is 5.63. The SMILES string of the molecule is Cl.O=C(N[C@@H]1CCCNC1)c1ccc(F)c(F)c1. The molecule has 18 heavy (non-hydrogen) atoms. The first-order chi connectivity index (χ1) is 8.16. The summed E-state index contributed by atoms with van der Waals surface area (Å²) in [5, 5.41) is 5.95. The second-order valence-electron chi connectivity index (χ2n) is 4.15. The van der Waals surface area contributed by atoms with Crippen molar-refractivity contribution in [3.8, 4) is 0 Å². The van der Waals surface area contributed by atoms with Gasteiger partial charge in [-0.05, 0) is 37.6 Å². The van der Waals surface area contributed by atoms with Crippen molar-refractivity contribution in [2.24, 2.45) is 0 Å². The second kappa shape index (κ2) is 6.66. The predicted molar refractivity (Wildman–Crippen MR) is 67.0 cm³/mol. The molecule has 1 aliphatic rings. The predicted octanol–water partition coefficient (Wildman–Crippen LogP) is 1.87. The number of piperidine rings is 1. The molecule has 2 N–H and O–H groups in total. The van der Waals surface area contributed by atoms with Crippen molar-refractivity contribution >= 4 is 18.3 Å². The van der Waals surface area contributed by atoms with E-state index in [1.54, 1.807) is 0 Å². The van der Waals surface area contributed by atoms with Gasteiger partial charge in [-0.15, -0.1) is 12.4 Å². The lowest BCUT2D eigenvalue weighted by Crippen LogP contribution is -2.45. The van der Waals surface area contributed by atoms with Gasteiger partial charge < -0.3 is 10.6 Å². The van der Waals surface area contributed by atoms with Gasteiger partial charge in [-0.1, -0.05) is 0 Å².